The quantitative estimate of drug-likeness (QED) is 0.347. The van der Waals surface area contributed by atoms with Gasteiger partial charge in [0.1, 0.15) is 5.82 Å². The maximum atomic E-state index is 13.2. The van der Waals surface area contributed by atoms with Crippen LogP contribution < -0.4 is 10.9 Å². The molecule has 2 aromatic carbocycles. The minimum atomic E-state index is -0.422. The van der Waals surface area contributed by atoms with Crippen molar-refractivity contribution in [3.05, 3.63) is 101 Å². The first kappa shape index (κ1) is 26.3. The number of nitrogens with one attached hydrogen (secondary N) is 1. The molecule has 0 aliphatic carbocycles. The molecule has 0 bridgehead atoms. The van der Waals surface area contributed by atoms with Crippen LogP contribution >= 0.6 is 0 Å². The number of hydrogen-bond donors (Lipinski definition) is 1. The second kappa shape index (κ2) is 11.8. The number of nitrogens with zero attached hydrogens (tertiary/aromatic N) is 2. The summed E-state index contributed by atoms with van der Waals surface area (Å²) in [5.41, 5.74) is 4.02. The molecular weight excluding hydrogens is 426 g/mol. The van der Waals surface area contributed by atoms with Crippen molar-refractivity contribution in [1.82, 2.24) is 9.55 Å². The molecule has 0 fully saturated rings. The van der Waals surface area contributed by atoms with Gasteiger partial charge in [0, 0.05) is 23.9 Å². The van der Waals surface area contributed by atoms with Gasteiger partial charge in [0.05, 0.1) is 29.6 Å². The van der Waals surface area contributed by atoms with Crippen LogP contribution in [0.3, 0.4) is 0 Å². The number of carbonyl (C=O) groups excluding carboxylic acids is 1. The molecule has 0 saturated carbocycles. The molecule has 1 N–H and O–H groups in total. The number of benzene rings is 2. The van der Waals surface area contributed by atoms with Crippen LogP contribution in [0.15, 0.2) is 72.6 Å². The molecule has 0 spiro atoms. The molecule has 0 aliphatic heterocycles. The standard InChI is InChI=1S/C26H27N3O3.C2H6/c1-7-11-18(8-2)24-28-23-20(14-16(3)15-21(23)25(30)29(24)5)17(4)27-22-13-10-9-12-19(22)26(31)32-6;1-2/h7-15,17,27H,1-2H2,3-6H3;1-2H3/b18-11+;. The molecule has 3 rings (SSSR count). The molecule has 0 saturated heterocycles. The fourth-order valence-electron chi connectivity index (χ4n) is 3.71. The van der Waals surface area contributed by atoms with Gasteiger partial charge in [-0.05, 0) is 37.6 Å². The zero-order chi connectivity index (χ0) is 25.4. The van der Waals surface area contributed by atoms with Gasteiger partial charge >= 0.3 is 5.97 Å². The van der Waals surface area contributed by atoms with Crippen LogP contribution in [-0.4, -0.2) is 22.6 Å². The highest BCUT2D eigenvalue weighted by atomic mass is 16.5. The summed E-state index contributed by atoms with van der Waals surface area (Å²) in [6.45, 7) is 15.5. The number of aryl methyl sites for hydroxylation is 1. The Bertz CT molecular complexity index is 1300. The molecule has 1 aromatic heterocycles. The Hall–Kier alpha value is -3.93. The Kier molecular flexibility index (Phi) is 9.13. The van der Waals surface area contributed by atoms with E-state index in [4.69, 9.17) is 9.72 Å². The Morgan fingerprint density at radius 3 is 2.50 bits per heavy atom. The van der Waals surface area contributed by atoms with Gasteiger partial charge in [-0.1, -0.05) is 63.4 Å². The lowest BCUT2D eigenvalue weighted by atomic mass is 10.00. The van der Waals surface area contributed by atoms with Crippen molar-refractivity contribution in [2.24, 2.45) is 7.05 Å². The summed E-state index contributed by atoms with van der Waals surface area (Å²) in [6, 6.07) is 10.8. The molecule has 178 valence electrons. The van der Waals surface area contributed by atoms with E-state index in [9.17, 15) is 9.59 Å². The number of allylic oxidation sites excluding steroid dienone is 4. The number of hydrogen-bond acceptors (Lipinski definition) is 5. The lowest BCUT2D eigenvalue weighted by molar-refractivity contribution is 0.0602. The number of aromatic nitrogens is 2. The van der Waals surface area contributed by atoms with Gasteiger partial charge in [0.25, 0.3) is 5.56 Å². The summed E-state index contributed by atoms with van der Waals surface area (Å²) in [5.74, 6) is 0.0820. The molecule has 34 heavy (non-hydrogen) atoms. The van der Waals surface area contributed by atoms with Crippen LogP contribution in [0.1, 0.15) is 54.1 Å². The highest BCUT2D eigenvalue weighted by molar-refractivity contribution is 5.95. The SMILES string of the molecule is C=C/C=C(\C=C)c1nc2c(C(C)Nc3ccccc3C(=O)OC)cc(C)cc2c(=O)n1C.CC. The molecule has 0 amide bonds. The van der Waals surface area contributed by atoms with Gasteiger partial charge in [0.15, 0.2) is 0 Å². The summed E-state index contributed by atoms with van der Waals surface area (Å²) in [6.07, 6.45) is 5.05. The van der Waals surface area contributed by atoms with E-state index in [-0.39, 0.29) is 11.6 Å². The number of fused-ring (bicyclic) bond motifs is 1. The van der Waals surface area contributed by atoms with E-state index in [1.54, 1.807) is 37.4 Å². The van der Waals surface area contributed by atoms with Gasteiger partial charge in [-0.3, -0.25) is 9.36 Å². The average Bonchev–Trinajstić information content (AvgIpc) is 2.85. The number of carbonyl (C=O) groups is 1. The topological polar surface area (TPSA) is 73.2 Å². The van der Waals surface area contributed by atoms with Crippen molar-refractivity contribution in [1.29, 1.82) is 0 Å². The highest BCUT2D eigenvalue weighted by Gasteiger charge is 2.19. The smallest absolute Gasteiger partial charge is 0.339 e. The van der Waals surface area contributed by atoms with E-state index < -0.39 is 5.97 Å². The summed E-state index contributed by atoms with van der Waals surface area (Å²) in [5, 5.41) is 3.91. The van der Waals surface area contributed by atoms with Crippen molar-refractivity contribution < 1.29 is 9.53 Å². The Balaban J connectivity index is 0.00000199. The van der Waals surface area contributed by atoms with E-state index in [1.165, 1.54) is 11.7 Å². The van der Waals surface area contributed by atoms with E-state index in [0.717, 1.165) is 11.1 Å². The largest absolute Gasteiger partial charge is 0.465 e. The van der Waals surface area contributed by atoms with Gasteiger partial charge in [-0.2, -0.15) is 0 Å². The molecule has 1 unspecified atom stereocenters. The van der Waals surface area contributed by atoms with Crippen LogP contribution in [0.25, 0.3) is 16.5 Å². The number of anilines is 1. The zero-order valence-corrected chi connectivity index (χ0v) is 20.8. The zero-order valence-electron chi connectivity index (χ0n) is 20.8. The lowest BCUT2D eigenvalue weighted by Gasteiger charge is -2.20. The van der Waals surface area contributed by atoms with Crippen LogP contribution in [0.5, 0.6) is 0 Å². The number of methoxy groups -OCH3 is 1. The molecule has 1 atom stereocenters. The van der Waals surface area contributed by atoms with Crippen molar-refractivity contribution in [2.75, 3.05) is 12.4 Å². The van der Waals surface area contributed by atoms with Gasteiger partial charge in [-0.15, -0.1) is 0 Å². The van der Waals surface area contributed by atoms with E-state index in [1.807, 2.05) is 52.0 Å². The van der Waals surface area contributed by atoms with Crippen molar-refractivity contribution in [3.63, 3.8) is 0 Å². The average molecular weight is 460 g/mol. The van der Waals surface area contributed by atoms with Gasteiger partial charge in [-0.25, -0.2) is 9.78 Å². The summed E-state index contributed by atoms with van der Waals surface area (Å²) in [7, 11) is 3.05. The van der Waals surface area contributed by atoms with Gasteiger partial charge < -0.3 is 10.1 Å². The van der Waals surface area contributed by atoms with Crippen molar-refractivity contribution in [2.45, 2.75) is 33.7 Å². The predicted molar refractivity (Wildman–Crippen MR) is 141 cm³/mol. The maximum Gasteiger partial charge on any atom is 0.339 e. The summed E-state index contributed by atoms with van der Waals surface area (Å²) < 4.78 is 6.42. The first-order valence-corrected chi connectivity index (χ1v) is 11.2. The van der Waals surface area contributed by atoms with Gasteiger partial charge in [0.2, 0.25) is 0 Å². The minimum Gasteiger partial charge on any atom is -0.465 e. The molecule has 0 aliphatic rings. The van der Waals surface area contributed by atoms with Crippen molar-refractivity contribution >= 4 is 28.1 Å². The first-order chi connectivity index (χ1) is 16.3. The minimum absolute atomic E-state index is 0.145. The van der Waals surface area contributed by atoms with Crippen LogP contribution in [-0.2, 0) is 11.8 Å². The number of ether oxygens (including phenoxy) is 1. The summed E-state index contributed by atoms with van der Waals surface area (Å²) >= 11 is 0. The van der Waals surface area contributed by atoms with E-state index in [2.05, 4.69) is 18.5 Å². The number of rotatable bonds is 7. The second-order valence-electron chi connectivity index (χ2n) is 7.51. The molecule has 1 heterocycles. The highest BCUT2D eigenvalue weighted by Crippen LogP contribution is 2.28. The second-order valence-corrected chi connectivity index (χ2v) is 7.51. The molecule has 0 radical (unpaired) electrons. The lowest BCUT2D eigenvalue weighted by Crippen LogP contribution is -2.23. The fraction of sp³-hybridized carbons (Fsp3) is 0.250. The monoisotopic (exact) mass is 459 g/mol. The third-order valence-corrected chi connectivity index (χ3v) is 5.30. The third-order valence-electron chi connectivity index (χ3n) is 5.30. The first-order valence-electron chi connectivity index (χ1n) is 11.2. The number of esters is 1. The Morgan fingerprint density at radius 1 is 1.21 bits per heavy atom. The molecule has 6 heteroatoms. The number of para-hydroxylation sites is 1. The van der Waals surface area contributed by atoms with Crippen LogP contribution in [0.2, 0.25) is 0 Å². The predicted octanol–water partition coefficient (Wildman–Crippen LogP) is 5.98. The maximum absolute atomic E-state index is 13.2. The van der Waals surface area contributed by atoms with Crippen LogP contribution in [0.4, 0.5) is 5.69 Å². The molecule has 6 nitrogen and oxygen atoms in total. The molecular formula is C28H33N3O3. The summed E-state index contributed by atoms with van der Waals surface area (Å²) in [4.78, 5) is 30.2. The fourth-order valence-corrected chi connectivity index (χ4v) is 3.71. The Morgan fingerprint density at radius 2 is 1.88 bits per heavy atom. The van der Waals surface area contributed by atoms with E-state index in [0.29, 0.717) is 33.6 Å². The normalized spacial score (nSPS) is 11.8. The van der Waals surface area contributed by atoms with Crippen LogP contribution in [0, 0.1) is 6.92 Å². The van der Waals surface area contributed by atoms with E-state index >= 15 is 0 Å². The Labute approximate surface area is 201 Å². The molecule has 3 aromatic rings. The van der Waals surface area contributed by atoms with Crippen molar-refractivity contribution in [3.8, 4) is 0 Å². The third kappa shape index (κ3) is 5.34.